The molecule has 1 aliphatic rings. The maximum Gasteiger partial charge on any atom is 0.251 e. The maximum absolute atomic E-state index is 12.5. The summed E-state index contributed by atoms with van der Waals surface area (Å²) in [6.07, 6.45) is 8.23. The number of likely N-dealkylation sites (tertiary alicyclic amines) is 1. The van der Waals surface area contributed by atoms with E-state index in [1.807, 2.05) is 41.1 Å². The number of rotatable bonds is 5. The Bertz CT molecular complexity index is 945. The molecular formula is C22H26N4O. The number of aryl methyl sites for hydroxylation is 1. The van der Waals surface area contributed by atoms with Crippen LogP contribution >= 0.6 is 0 Å². The molecule has 0 saturated carbocycles. The molecule has 1 N–H and O–H groups in total. The smallest absolute Gasteiger partial charge is 0.251 e. The first-order valence-corrected chi connectivity index (χ1v) is 9.71. The van der Waals surface area contributed by atoms with Crippen molar-refractivity contribution in [2.75, 3.05) is 19.6 Å². The number of nitrogens with one attached hydrogen (secondary N) is 1. The molecule has 0 aliphatic carbocycles. The van der Waals surface area contributed by atoms with Crippen molar-refractivity contribution in [3.05, 3.63) is 60.0 Å². The van der Waals surface area contributed by atoms with Gasteiger partial charge < -0.3 is 9.72 Å². The highest BCUT2D eigenvalue weighted by Crippen LogP contribution is 2.23. The number of hydrogen-bond donors (Lipinski definition) is 1. The molecule has 0 unspecified atom stereocenters. The lowest BCUT2D eigenvalue weighted by molar-refractivity contribution is 0.0941. The number of amides is 1. The second kappa shape index (κ2) is 7.53. The van der Waals surface area contributed by atoms with Crippen LogP contribution in [-0.2, 0) is 0 Å². The molecule has 3 heterocycles. The van der Waals surface area contributed by atoms with E-state index >= 15 is 0 Å². The average molecular weight is 362 g/mol. The predicted molar refractivity (Wildman–Crippen MR) is 108 cm³/mol. The van der Waals surface area contributed by atoms with Gasteiger partial charge in [-0.25, -0.2) is 4.98 Å². The van der Waals surface area contributed by atoms with Gasteiger partial charge in [0.05, 0.1) is 0 Å². The van der Waals surface area contributed by atoms with Crippen LogP contribution in [0.15, 0.2) is 48.9 Å². The topological polar surface area (TPSA) is 49.6 Å². The molecule has 1 aliphatic heterocycles. The fourth-order valence-electron chi connectivity index (χ4n) is 4.03. The highest BCUT2D eigenvalue weighted by Gasteiger charge is 2.23. The Morgan fingerprint density at radius 3 is 2.85 bits per heavy atom. The highest BCUT2D eigenvalue weighted by molar-refractivity contribution is 5.94. The minimum atomic E-state index is 0.00532. The Kier molecular flexibility index (Phi) is 4.94. The van der Waals surface area contributed by atoms with Crippen molar-refractivity contribution in [1.29, 1.82) is 0 Å². The molecule has 4 rings (SSSR count). The third-order valence-corrected chi connectivity index (χ3v) is 5.56. The summed E-state index contributed by atoms with van der Waals surface area (Å²) in [6.45, 7) is 7.17. The number of pyridine rings is 1. The minimum Gasteiger partial charge on any atom is -0.350 e. The van der Waals surface area contributed by atoms with Crippen molar-refractivity contribution < 1.29 is 4.79 Å². The van der Waals surface area contributed by atoms with Crippen molar-refractivity contribution in [1.82, 2.24) is 19.6 Å². The lowest BCUT2D eigenvalue weighted by Gasteiger charge is -2.22. The van der Waals surface area contributed by atoms with Gasteiger partial charge in [-0.15, -0.1) is 0 Å². The minimum absolute atomic E-state index is 0.00532. The summed E-state index contributed by atoms with van der Waals surface area (Å²) in [5.74, 6) is 0.00532. The predicted octanol–water partition coefficient (Wildman–Crippen LogP) is 3.52. The van der Waals surface area contributed by atoms with E-state index < -0.39 is 0 Å². The van der Waals surface area contributed by atoms with E-state index in [4.69, 9.17) is 0 Å². The second-order valence-corrected chi connectivity index (χ2v) is 7.28. The third kappa shape index (κ3) is 3.60. The zero-order valence-corrected chi connectivity index (χ0v) is 16.0. The zero-order valence-electron chi connectivity index (χ0n) is 16.0. The lowest BCUT2D eigenvalue weighted by atomic mass is 10.0. The lowest BCUT2D eigenvalue weighted by Crippen LogP contribution is -2.40. The van der Waals surface area contributed by atoms with Crippen LogP contribution in [-0.4, -0.2) is 45.9 Å². The van der Waals surface area contributed by atoms with E-state index in [0.29, 0.717) is 11.6 Å². The monoisotopic (exact) mass is 362 g/mol. The summed E-state index contributed by atoms with van der Waals surface area (Å²) in [5.41, 5.74) is 5.03. The zero-order chi connectivity index (χ0) is 18.8. The van der Waals surface area contributed by atoms with Crippen molar-refractivity contribution in [3.63, 3.8) is 0 Å². The number of nitrogens with zero attached hydrogens (tertiary/aromatic N) is 3. The van der Waals surface area contributed by atoms with Gasteiger partial charge in [-0.2, -0.15) is 0 Å². The first kappa shape index (κ1) is 17.7. The van der Waals surface area contributed by atoms with E-state index in [2.05, 4.69) is 41.3 Å². The molecule has 2 aromatic heterocycles. The van der Waals surface area contributed by atoms with Crippen LogP contribution < -0.4 is 5.32 Å². The summed E-state index contributed by atoms with van der Waals surface area (Å²) < 4.78 is 2.03. The van der Waals surface area contributed by atoms with Gasteiger partial charge in [-0.3, -0.25) is 9.69 Å². The van der Waals surface area contributed by atoms with Crippen LogP contribution in [0.1, 0.15) is 35.7 Å². The van der Waals surface area contributed by atoms with E-state index in [-0.39, 0.29) is 5.91 Å². The normalized spacial score (nSPS) is 17.5. The van der Waals surface area contributed by atoms with Crippen LogP contribution in [0.25, 0.3) is 16.8 Å². The molecule has 3 aromatic rings. The number of hydrogen-bond acceptors (Lipinski definition) is 3. The molecule has 5 nitrogen and oxygen atoms in total. The fourth-order valence-corrected chi connectivity index (χ4v) is 4.03. The van der Waals surface area contributed by atoms with Gasteiger partial charge in [-0.05, 0) is 67.7 Å². The highest BCUT2D eigenvalue weighted by atomic mass is 16.1. The molecule has 27 heavy (non-hydrogen) atoms. The molecule has 0 radical (unpaired) electrons. The van der Waals surface area contributed by atoms with Gasteiger partial charge in [-0.1, -0.05) is 19.1 Å². The van der Waals surface area contributed by atoms with Crippen molar-refractivity contribution in [2.24, 2.45) is 0 Å². The fraction of sp³-hybridized carbons (Fsp3) is 0.364. The molecule has 1 aromatic carbocycles. The van der Waals surface area contributed by atoms with E-state index in [1.54, 1.807) is 0 Å². The third-order valence-electron chi connectivity index (χ3n) is 5.56. The largest absolute Gasteiger partial charge is 0.350 e. The number of benzene rings is 1. The summed E-state index contributed by atoms with van der Waals surface area (Å²) in [7, 11) is 0. The van der Waals surface area contributed by atoms with E-state index in [9.17, 15) is 4.79 Å². The van der Waals surface area contributed by atoms with Gasteiger partial charge in [0.2, 0.25) is 0 Å². The van der Waals surface area contributed by atoms with Crippen molar-refractivity contribution >= 4 is 11.6 Å². The number of imidazole rings is 1. The molecule has 1 saturated heterocycles. The Hall–Kier alpha value is -2.66. The number of carbonyl (C=O) groups excluding carboxylic acids is 1. The number of likely N-dealkylation sites (N-methyl/N-ethyl adjacent to an activating group) is 1. The summed E-state index contributed by atoms with van der Waals surface area (Å²) in [4.78, 5) is 19.3. The van der Waals surface area contributed by atoms with Crippen LogP contribution in [0.2, 0.25) is 0 Å². The van der Waals surface area contributed by atoms with Crippen LogP contribution in [0.5, 0.6) is 0 Å². The molecule has 1 atom stereocenters. The first-order valence-electron chi connectivity index (χ1n) is 9.71. The Morgan fingerprint density at radius 1 is 1.26 bits per heavy atom. The number of fused-ring (bicyclic) bond motifs is 1. The molecule has 1 fully saturated rings. The van der Waals surface area contributed by atoms with Gasteiger partial charge in [0.25, 0.3) is 5.91 Å². The average Bonchev–Trinajstić information content (AvgIpc) is 3.35. The maximum atomic E-state index is 12.5. The molecule has 140 valence electrons. The van der Waals surface area contributed by atoms with E-state index in [0.717, 1.165) is 42.0 Å². The summed E-state index contributed by atoms with van der Waals surface area (Å²) >= 11 is 0. The van der Waals surface area contributed by atoms with Crippen LogP contribution in [0.3, 0.4) is 0 Å². The molecule has 0 spiro atoms. The Balaban J connectivity index is 1.45. The standard InChI is InChI=1S/C22H26N4O/c1-3-25-11-4-5-20(25)14-24-22(27)18-8-6-17(7-9-18)19-13-16(2)21-23-10-12-26(21)15-19/h6-10,12-13,15,20H,3-5,11,14H2,1-2H3,(H,24,27)/t20-/m1/s1. The van der Waals surface area contributed by atoms with E-state index in [1.165, 1.54) is 12.8 Å². The second-order valence-electron chi connectivity index (χ2n) is 7.28. The van der Waals surface area contributed by atoms with Gasteiger partial charge in [0, 0.05) is 36.7 Å². The summed E-state index contributed by atoms with van der Waals surface area (Å²) in [6, 6.07) is 10.5. The Labute approximate surface area is 160 Å². The van der Waals surface area contributed by atoms with Crippen LogP contribution in [0, 0.1) is 6.92 Å². The molecule has 1 amide bonds. The van der Waals surface area contributed by atoms with Crippen molar-refractivity contribution in [3.8, 4) is 11.1 Å². The summed E-state index contributed by atoms with van der Waals surface area (Å²) in [5, 5.41) is 3.10. The van der Waals surface area contributed by atoms with Gasteiger partial charge in [0.15, 0.2) is 0 Å². The van der Waals surface area contributed by atoms with Gasteiger partial charge >= 0.3 is 0 Å². The molecule has 0 bridgehead atoms. The SMILES string of the molecule is CCN1CCC[C@@H]1CNC(=O)c1ccc(-c2cc(C)c3nccn3c2)cc1. The molecule has 5 heteroatoms. The molecular weight excluding hydrogens is 336 g/mol. The number of carbonyl (C=O) groups is 1. The Morgan fingerprint density at radius 2 is 2.07 bits per heavy atom. The van der Waals surface area contributed by atoms with Crippen LogP contribution in [0.4, 0.5) is 0 Å². The van der Waals surface area contributed by atoms with Crippen molar-refractivity contribution in [2.45, 2.75) is 32.7 Å². The first-order chi connectivity index (χ1) is 13.2. The number of aromatic nitrogens is 2. The van der Waals surface area contributed by atoms with Gasteiger partial charge in [0.1, 0.15) is 5.65 Å². The quantitative estimate of drug-likeness (QED) is 0.755.